The molecule has 0 saturated heterocycles. The average molecular weight is 278 g/mol. The van der Waals surface area contributed by atoms with Crippen molar-refractivity contribution in [2.75, 3.05) is 24.5 Å². The smallest absolute Gasteiger partial charge is 0.322 e. The van der Waals surface area contributed by atoms with Crippen molar-refractivity contribution in [3.8, 4) is 6.01 Å². The number of nitrogens with zero attached hydrogens (tertiary/aromatic N) is 4. The van der Waals surface area contributed by atoms with Crippen molar-refractivity contribution in [1.82, 2.24) is 15.0 Å². The van der Waals surface area contributed by atoms with E-state index in [1.165, 1.54) is 19.2 Å². The Morgan fingerprint density at radius 1 is 1.25 bits per heavy atom. The van der Waals surface area contributed by atoms with Crippen molar-refractivity contribution < 1.29 is 9.13 Å². The van der Waals surface area contributed by atoms with Gasteiger partial charge in [0.2, 0.25) is 11.9 Å². The topological polar surface area (TPSA) is 89.2 Å². The summed E-state index contributed by atoms with van der Waals surface area (Å²) in [7, 11) is 3.26. The quantitative estimate of drug-likeness (QED) is 0.621. The van der Waals surface area contributed by atoms with Gasteiger partial charge in [-0.2, -0.15) is 15.0 Å². The Morgan fingerprint density at radius 3 is 2.55 bits per heavy atom. The van der Waals surface area contributed by atoms with Crippen LogP contribution in [0.2, 0.25) is 0 Å². The molecule has 0 spiro atoms. The second kappa shape index (κ2) is 6.11. The van der Waals surface area contributed by atoms with E-state index in [4.69, 9.17) is 10.6 Å². The molecule has 3 N–H and O–H groups in total. The number of methoxy groups -OCH3 is 1. The summed E-state index contributed by atoms with van der Waals surface area (Å²) in [5, 5.41) is 0. The van der Waals surface area contributed by atoms with Gasteiger partial charge in [-0.1, -0.05) is 12.1 Å². The van der Waals surface area contributed by atoms with Crippen LogP contribution in [0.15, 0.2) is 24.3 Å². The Hall–Kier alpha value is -2.48. The monoisotopic (exact) mass is 278 g/mol. The van der Waals surface area contributed by atoms with Crippen molar-refractivity contribution in [3.63, 3.8) is 0 Å². The molecule has 0 bridgehead atoms. The molecule has 8 heteroatoms. The number of nitrogens with two attached hydrogens (primary N) is 1. The molecular weight excluding hydrogens is 263 g/mol. The van der Waals surface area contributed by atoms with Gasteiger partial charge in [0.05, 0.1) is 7.11 Å². The van der Waals surface area contributed by atoms with Gasteiger partial charge in [-0.05, 0) is 17.7 Å². The standard InChI is InChI=1S/C12H15FN6O/c1-19(7-8-3-5-9(13)6-4-8)11-15-10(18-14)16-12(17-11)20-2/h3-6H,7,14H2,1-2H3,(H,15,16,17,18). The Morgan fingerprint density at radius 2 is 1.95 bits per heavy atom. The van der Waals surface area contributed by atoms with Crippen LogP contribution in [0.25, 0.3) is 0 Å². The molecule has 0 radical (unpaired) electrons. The van der Waals surface area contributed by atoms with Gasteiger partial charge in [0.15, 0.2) is 0 Å². The number of hydrogen-bond acceptors (Lipinski definition) is 7. The number of nitrogen functional groups attached to an aromatic ring is 1. The van der Waals surface area contributed by atoms with Crippen LogP contribution >= 0.6 is 0 Å². The van der Waals surface area contributed by atoms with Crippen LogP contribution in [-0.4, -0.2) is 29.1 Å². The first-order valence-electron chi connectivity index (χ1n) is 5.84. The van der Waals surface area contributed by atoms with Crippen molar-refractivity contribution in [2.24, 2.45) is 5.84 Å². The van der Waals surface area contributed by atoms with E-state index < -0.39 is 0 Å². The van der Waals surface area contributed by atoms with E-state index in [0.717, 1.165) is 5.56 Å². The van der Waals surface area contributed by atoms with Crippen molar-refractivity contribution in [2.45, 2.75) is 6.54 Å². The summed E-state index contributed by atoms with van der Waals surface area (Å²) in [5.74, 6) is 5.63. The lowest BCUT2D eigenvalue weighted by Crippen LogP contribution is -2.21. The van der Waals surface area contributed by atoms with Gasteiger partial charge in [0.1, 0.15) is 5.82 Å². The molecule has 0 aliphatic carbocycles. The van der Waals surface area contributed by atoms with Crippen molar-refractivity contribution in [1.29, 1.82) is 0 Å². The minimum absolute atomic E-state index is 0.161. The number of hydrogen-bond donors (Lipinski definition) is 2. The number of rotatable bonds is 5. The summed E-state index contributed by atoms with van der Waals surface area (Å²) < 4.78 is 17.8. The highest BCUT2D eigenvalue weighted by molar-refractivity contribution is 5.38. The number of hydrazine groups is 1. The minimum Gasteiger partial charge on any atom is -0.467 e. The molecule has 1 heterocycles. The van der Waals surface area contributed by atoms with Gasteiger partial charge < -0.3 is 9.64 Å². The van der Waals surface area contributed by atoms with E-state index in [-0.39, 0.29) is 17.8 Å². The van der Waals surface area contributed by atoms with E-state index in [1.807, 2.05) is 0 Å². The van der Waals surface area contributed by atoms with E-state index in [1.54, 1.807) is 24.1 Å². The molecule has 0 saturated carbocycles. The molecule has 106 valence electrons. The molecule has 20 heavy (non-hydrogen) atoms. The largest absolute Gasteiger partial charge is 0.467 e. The molecular formula is C12H15FN6O. The van der Waals surface area contributed by atoms with Crippen LogP contribution < -0.4 is 20.9 Å². The molecule has 0 aliphatic rings. The van der Waals surface area contributed by atoms with Crippen LogP contribution in [0.5, 0.6) is 6.01 Å². The fourth-order valence-electron chi connectivity index (χ4n) is 1.61. The highest BCUT2D eigenvalue weighted by Crippen LogP contribution is 2.15. The lowest BCUT2D eigenvalue weighted by atomic mass is 10.2. The Balaban J connectivity index is 2.19. The third-order valence-corrected chi connectivity index (χ3v) is 2.59. The SMILES string of the molecule is COc1nc(NN)nc(N(C)Cc2ccc(F)cc2)n1. The van der Waals surface area contributed by atoms with E-state index in [2.05, 4.69) is 20.4 Å². The van der Waals surface area contributed by atoms with Crippen LogP contribution in [-0.2, 0) is 6.54 Å². The summed E-state index contributed by atoms with van der Waals surface area (Å²) in [6.45, 7) is 0.511. The fourth-order valence-corrected chi connectivity index (χ4v) is 1.61. The van der Waals surface area contributed by atoms with Crippen LogP contribution in [0.3, 0.4) is 0 Å². The maximum absolute atomic E-state index is 12.9. The Labute approximate surface area is 115 Å². The molecule has 7 nitrogen and oxygen atoms in total. The lowest BCUT2D eigenvalue weighted by molar-refractivity contribution is 0.379. The Kier molecular flexibility index (Phi) is 4.26. The summed E-state index contributed by atoms with van der Waals surface area (Å²) in [6, 6.07) is 6.38. The average Bonchev–Trinajstić information content (AvgIpc) is 2.48. The molecule has 0 unspecified atom stereocenters. The summed E-state index contributed by atoms with van der Waals surface area (Å²) >= 11 is 0. The number of halogens is 1. The van der Waals surface area contributed by atoms with E-state index >= 15 is 0 Å². The molecule has 1 aromatic heterocycles. The van der Waals surface area contributed by atoms with Gasteiger partial charge in [0.25, 0.3) is 0 Å². The summed E-state index contributed by atoms with van der Waals surface area (Å²) in [5.41, 5.74) is 3.28. The predicted molar refractivity (Wildman–Crippen MR) is 72.7 cm³/mol. The van der Waals surface area contributed by atoms with Gasteiger partial charge in [-0.3, -0.25) is 5.43 Å². The van der Waals surface area contributed by atoms with Gasteiger partial charge >= 0.3 is 6.01 Å². The van der Waals surface area contributed by atoms with E-state index in [9.17, 15) is 4.39 Å². The summed E-state index contributed by atoms with van der Waals surface area (Å²) in [4.78, 5) is 13.9. The zero-order valence-electron chi connectivity index (χ0n) is 11.2. The van der Waals surface area contributed by atoms with Gasteiger partial charge in [0, 0.05) is 13.6 Å². The van der Waals surface area contributed by atoms with Gasteiger partial charge in [-0.15, -0.1) is 0 Å². The third kappa shape index (κ3) is 3.29. The second-order valence-electron chi connectivity index (χ2n) is 4.07. The first-order chi connectivity index (χ1) is 9.62. The van der Waals surface area contributed by atoms with Crippen LogP contribution in [0, 0.1) is 5.82 Å². The Bertz CT molecular complexity index is 554. The fraction of sp³-hybridized carbons (Fsp3) is 0.250. The minimum atomic E-state index is -0.271. The summed E-state index contributed by atoms with van der Waals surface area (Å²) in [6.07, 6.45) is 0. The molecule has 2 rings (SSSR count). The zero-order chi connectivity index (χ0) is 14.5. The maximum Gasteiger partial charge on any atom is 0.322 e. The number of nitrogens with one attached hydrogen (secondary N) is 1. The predicted octanol–water partition coefficient (Wildman–Crippen LogP) is 0.941. The molecule has 1 aromatic carbocycles. The molecule has 0 atom stereocenters. The maximum atomic E-state index is 12.9. The lowest BCUT2D eigenvalue weighted by Gasteiger charge is -2.17. The number of benzene rings is 1. The first kappa shape index (κ1) is 13.9. The van der Waals surface area contributed by atoms with Crippen molar-refractivity contribution >= 4 is 11.9 Å². The van der Waals surface area contributed by atoms with Crippen LogP contribution in [0.4, 0.5) is 16.3 Å². The zero-order valence-corrected chi connectivity index (χ0v) is 11.2. The molecule has 2 aromatic rings. The number of anilines is 2. The van der Waals surface area contributed by atoms with E-state index in [0.29, 0.717) is 12.5 Å². The van der Waals surface area contributed by atoms with Crippen molar-refractivity contribution in [3.05, 3.63) is 35.6 Å². The molecule has 0 aliphatic heterocycles. The highest BCUT2D eigenvalue weighted by atomic mass is 19.1. The van der Waals surface area contributed by atoms with Gasteiger partial charge in [-0.25, -0.2) is 10.2 Å². The second-order valence-corrected chi connectivity index (χ2v) is 4.07. The first-order valence-corrected chi connectivity index (χ1v) is 5.84. The number of ether oxygens (including phenoxy) is 1. The number of aromatic nitrogens is 3. The third-order valence-electron chi connectivity index (χ3n) is 2.59. The normalized spacial score (nSPS) is 10.2. The van der Waals surface area contributed by atoms with Crippen LogP contribution in [0.1, 0.15) is 5.56 Å². The highest BCUT2D eigenvalue weighted by Gasteiger charge is 2.10. The molecule has 0 fully saturated rings. The molecule has 0 amide bonds.